The Morgan fingerprint density at radius 3 is 2.81 bits per heavy atom. The molecule has 1 saturated carbocycles. The summed E-state index contributed by atoms with van der Waals surface area (Å²) in [6, 6.07) is 10.8. The fraction of sp³-hybridized carbons (Fsp3) is 0.294. The molecule has 1 aliphatic rings. The van der Waals surface area contributed by atoms with Crippen molar-refractivity contribution in [3.63, 3.8) is 0 Å². The lowest BCUT2D eigenvalue weighted by Crippen LogP contribution is -2.18. The third-order valence-corrected chi connectivity index (χ3v) is 4.76. The Balaban J connectivity index is 1.81. The van der Waals surface area contributed by atoms with Crippen LogP contribution in [0.2, 0.25) is 0 Å². The van der Waals surface area contributed by atoms with Crippen LogP contribution in [0.25, 0.3) is 22.3 Å². The van der Waals surface area contributed by atoms with E-state index in [0.29, 0.717) is 6.04 Å². The molecule has 0 aliphatic heterocycles. The van der Waals surface area contributed by atoms with Gasteiger partial charge in [0.15, 0.2) is 5.82 Å². The van der Waals surface area contributed by atoms with Gasteiger partial charge >= 0.3 is 0 Å². The van der Waals surface area contributed by atoms with E-state index in [1.54, 1.807) is 11.3 Å². The predicted octanol–water partition coefficient (Wildman–Crippen LogP) is 4.57. The number of para-hydroxylation sites is 1. The van der Waals surface area contributed by atoms with E-state index < -0.39 is 0 Å². The van der Waals surface area contributed by atoms with Crippen molar-refractivity contribution in [2.75, 3.05) is 5.32 Å². The molecule has 1 N–H and O–H groups in total. The van der Waals surface area contributed by atoms with Crippen LogP contribution < -0.4 is 5.32 Å². The first-order valence-corrected chi connectivity index (χ1v) is 8.31. The maximum atomic E-state index is 4.78. The third kappa shape index (κ3) is 2.51. The molecule has 1 atom stereocenters. The van der Waals surface area contributed by atoms with Crippen LogP contribution in [0.4, 0.5) is 5.82 Å². The SMILES string of the molecule is CC(Nc1nc(-c2ccsc2)nc2ccccc12)C1CC1. The quantitative estimate of drug-likeness (QED) is 0.766. The van der Waals surface area contributed by atoms with E-state index in [1.807, 2.05) is 12.1 Å². The number of hydrogen-bond acceptors (Lipinski definition) is 4. The fourth-order valence-corrected chi connectivity index (χ4v) is 3.27. The van der Waals surface area contributed by atoms with Gasteiger partial charge in [0.05, 0.1) is 5.52 Å². The molecule has 21 heavy (non-hydrogen) atoms. The second-order valence-corrected chi connectivity index (χ2v) is 6.48. The summed E-state index contributed by atoms with van der Waals surface area (Å²) in [6.07, 6.45) is 2.66. The largest absolute Gasteiger partial charge is 0.367 e. The number of hydrogen-bond donors (Lipinski definition) is 1. The molecule has 0 amide bonds. The van der Waals surface area contributed by atoms with Crippen molar-refractivity contribution in [3.8, 4) is 11.4 Å². The smallest absolute Gasteiger partial charge is 0.162 e. The van der Waals surface area contributed by atoms with E-state index in [9.17, 15) is 0 Å². The van der Waals surface area contributed by atoms with E-state index in [2.05, 4.69) is 41.2 Å². The maximum Gasteiger partial charge on any atom is 0.162 e. The van der Waals surface area contributed by atoms with E-state index >= 15 is 0 Å². The molecule has 1 aromatic carbocycles. The summed E-state index contributed by atoms with van der Waals surface area (Å²) in [4.78, 5) is 9.48. The van der Waals surface area contributed by atoms with Gasteiger partial charge in [-0.15, -0.1) is 0 Å². The standard InChI is InChI=1S/C17H17N3S/c1-11(12-6-7-12)18-17-14-4-2-3-5-15(14)19-16(20-17)13-8-9-21-10-13/h2-5,8-12H,6-7H2,1H3,(H,18,19,20). The topological polar surface area (TPSA) is 37.8 Å². The van der Waals surface area contributed by atoms with Crippen molar-refractivity contribution in [3.05, 3.63) is 41.1 Å². The Kier molecular flexibility index (Phi) is 3.11. The van der Waals surface area contributed by atoms with Crippen molar-refractivity contribution >= 4 is 28.1 Å². The van der Waals surface area contributed by atoms with Crippen LogP contribution in [0.15, 0.2) is 41.1 Å². The number of nitrogens with zero attached hydrogens (tertiary/aromatic N) is 2. The lowest BCUT2D eigenvalue weighted by Gasteiger charge is -2.16. The number of benzene rings is 1. The van der Waals surface area contributed by atoms with Gasteiger partial charge < -0.3 is 5.32 Å². The summed E-state index contributed by atoms with van der Waals surface area (Å²) in [5.74, 6) is 2.56. The molecule has 0 spiro atoms. The number of thiophene rings is 1. The van der Waals surface area contributed by atoms with E-state index in [4.69, 9.17) is 9.97 Å². The molecule has 0 bridgehead atoms. The van der Waals surface area contributed by atoms with Crippen molar-refractivity contribution in [2.24, 2.45) is 5.92 Å². The second kappa shape index (κ2) is 5.11. The van der Waals surface area contributed by atoms with Gasteiger partial charge in [-0.2, -0.15) is 11.3 Å². The van der Waals surface area contributed by atoms with Crippen LogP contribution in [-0.4, -0.2) is 16.0 Å². The van der Waals surface area contributed by atoms with Gasteiger partial charge in [-0.05, 0) is 49.3 Å². The minimum absolute atomic E-state index is 0.471. The fourth-order valence-electron chi connectivity index (χ4n) is 2.64. The summed E-state index contributed by atoms with van der Waals surface area (Å²) in [5.41, 5.74) is 2.09. The molecule has 3 aromatic rings. The number of rotatable bonds is 4. The van der Waals surface area contributed by atoms with Gasteiger partial charge in [0, 0.05) is 22.4 Å². The number of nitrogens with one attached hydrogen (secondary N) is 1. The van der Waals surface area contributed by atoms with Gasteiger partial charge in [-0.25, -0.2) is 9.97 Å². The molecule has 1 aliphatic carbocycles. The number of fused-ring (bicyclic) bond motifs is 1. The van der Waals surface area contributed by atoms with Gasteiger partial charge in [0.2, 0.25) is 0 Å². The average molecular weight is 295 g/mol. The number of anilines is 1. The molecular weight excluding hydrogens is 278 g/mol. The highest BCUT2D eigenvalue weighted by Gasteiger charge is 2.28. The highest BCUT2D eigenvalue weighted by molar-refractivity contribution is 7.08. The van der Waals surface area contributed by atoms with Crippen LogP contribution in [-0.2, 0) is 0 Å². The van der Waals surface area contributed by atoms with Crippen LogP contribution in [0.3, 0.4) is 0 Å². The summed E-state index contributed by atoms with van der Waals surface area (Å²) >= 11 is 1.67. The van der Waals surface area contributed by atoms with Gasteiger partial charge in [0.1, 0.15) is 5.82 Å². The zero-order valence-electron chi connectivity index (χ0n) is 11.9. The van der Waals surface area contributed by atoms with Gasteiger partial charge in [-0.1, -0.05) is 12.1 Å². The maximum absolute atomic E-state index is 4.78. The average Bonchev–Trinajstić information content (AvgIpc) is 3.22. The molecule has 2 heterocycles. The zero-order chi connectivity index (χ0) is 14.2. The highest BCUT2D eigenvalue weighted by Crippen LogP contribution is 2.35. The van der Waals surface area contributed by atoms with Crippen LogP contribution >= 0.6 is 11.3 Å². The van der Waals surface area contributed by atoms with Crippen LogP contribution in [0, 0.1) is 5.92 Å². The summed E-state index contributed by atoms with van der Waals surface area (Å²) in [7, 11) is 0. The van der Waals surface area contributed by atoms with Crippen LogP contribution in [0.5, 0.6) is 0 Å². The first-order chi connectivity index (χ1) is 10.3. The molecule has 4 rings (SSSR count). The Labute approximate surface area is 128 Å². The first-order valence-electron chi connectivity index (χ1n) is 7.37. The van der Waals surface area contributed by atoms with E-state index in [1.165, 1.54) is 12.8 Å². The Bertz CT molecular complexity index is 763. The van der Waals surface area contributed by atoms with Gasteiger partial charge in [0.25, 0.3) is 0 Å². The van der Waals surface area contributed by atoms with Crippen LogP contribution in [0.1, 0.15) is 19.8 Å². The van der Waals surface area contributed by atoms with Crippen molar-refractivity contribution in [2.45, 2.75) is 25.8 Å². The first kappa shape index (κ1) is 12.8. The van der Waals surface area contributed by atoms with Crippen molar-refractivity contribution < 1.29 is 0 Å². The predicted molar refractivity (Wildman–Crippen MR) is 88.7 cm³/mol. The second-order valence-electron chi connectivity index (χ2n) is 5.70. The Hall–Kier alpha value is -1.94. The van der Waals surface area contributed by atoms with E-state index in [0.717, 1.165) is 34.0 Å². The summed E-state index contributed by atoms with van der Waals surface area (Å²) < 4.78 is 0. The molecule has 4 heteroatoms. The van der Waals surface area contributed by atoms with Crippen molar-refractivity contribution in [1.82, 2.24) is 9.97 Å². The molecule has 3 nitrogen and oxygen atoms in total. The third-order valence-electron chi connectivity index (χ3n) is 4.08. The molecule has 106 valence electrons. The number of aromatic nitrogens is 2. The Morgan fingerprint density at radius 1 is 1.19 bits per heavy atom. The molecule has 0 saturated heterocycles. The minimum atomic E-state index is 0.471. The molecule has 1 unspecified atom stereocenters. The van der Waals surface area contributed by atoms with Crippen molar-refractivity contribution in [1.29, 1.82) is 0 Å². The molecule has 2 aromatic heterocycles. The Morgan fingerprint density at radius 2 is 2.05 bits per heavy atom. The van der Waals surface area contributed by atoms with E-state index in [-0.39, 0.29) is 0 Å². The summed E-state index contributed by atoms with van der Waals surface area (Å²) in [5, 5.41) is 8.86. The lowest BCUT2D eigenvalue weighted by atomic mass is 10.2. The minimum Gasteiger partial charge on any atom is -0.367 e. The normalized spacial score (nSPS) is 16.0. The molecular formula is C17H17N3S. The molecule has 1 fully saturated rings. The lowest BCUT2D eigenvalue weighted by molar-refractivity contribution is 0.691. The molecule has 0 radical (unpaired) electrons. The monoisotopic (exact) mass is 295 g/mol. The van der Waals surface area contributed by atoms with Gasteiger partial charge in [-0.3, -0.25) is 0 Å². The zero-order valence-corrected chi connectivity index (χ0v) is 12.7. The summed E-state index contributed by atoms with van der Waals surface area (Å²) in [6.45, 7) is 2.25. The highest BCUT2D eigenvalue weighted by atomic mass is 32.1.